The second-order valence-corrected chi connectivity index (χ2v) is 3.59. The molecule has 0 bridgehead atoms. The maximum absolute atomic E-state index is 12.6. The first-order chi connectivity index (χ1) is 6.88. The van der Waals surface area contributed by atoms with Gasteiger partial charge >= 0.3 is 6.18 Å². The highest BCUT2D eigenvalue weighted by molar-refractivity contribution is 5.82. The molecule has 0 aliphatic carbocycles. The van der Waals surface area contributed by atoms with Crippen LogP contribution in [-0.2, 0) is 6.18 Å². The van der Waals surface area contributed by atoms with Crippen molar-refractivity contribution in [1.82, 2.24) is 0 Å². The topological polar surface area (TPSA) is 13.1 Å². The van der Waals surface area contributed by atoms with E-state index in [9.17, 15) is 13.2 Å². The molecule has 1 aromatic heterocycles. The van der Waals surface area contributed by atoms with Crippen LogP contribution in [0, 0.1) is 13.8 Å². The van der Waals surface area contributed by atoms with Gasteiger partial charge in [0.15, 0.2) is 0 Å². The van der Waals surface area contributed by atoms with E-state index in [1.165, 1.54) is 0 Å². The number of hydrogen-bond acceptors (Lipinski definition) is 1. The second kappa shape index (κ2) is 3.02. The maximum Gasteiger partial charge on any atom is 0.420 e. The summed E-state index contributed by atoms with van der Waals surface area (Å²) in [6.07, 6.45) is -4.37. The third-order valence-electron chi connectivity index (χ3n) is 2.19. The number of fused-ring (bicyclic) bond motifs is 1. The van der Waals surface area contributed by atoms with Gasteiger partial charge in [-0.25, -0.2) is 0 Å². The van der Waals surface area contributed by atoms with Crippen molar-refractivity contribution in [3.8, 4) is 0 Å². The molecule has 0 saturated heterocycles. The molecule has 0 unspecified atom stereocenters. The molecule has 1 heterocycles. The number of benzene rings is 1. The fourth-order valence-corrected chi connectivity index (χ4v) is 1.64. The first kappa shape index (κ1) is 10.1. The van der Waals surface area contributed by atoms with Crippen LogP contribution in [0.25, 0.3) is 11.0 Å². The summed E-state index contributed by atoms with van der Waals surface area (Å²) in [7, 11) is 0. The number of hydrogen-bond donors (Lipinski definition) is 0. The molecular formula is C11H9F3O. The molecule has 15 heavy (non-hydrogen) atoms. The van der Waals surface area contributed by atoms with Gasteiger partial charge in [-0.3, -0.25) is 0 Å². The van der Waals surface area contributed by atoms with Crippen LogP contribution in [0.3, 0.4) is 0 Å². The fourth-order valence-electron chi connectivity index (χ4n) is 1.64. The Kier molecular flexibility index (Phi) is 2.03. The highest BCUT2D eigenvalue weighted by Gasteiger charge is 2.34. The van der Waals surface area contributed by atoms with Crippen LogP contribution in [0.4, 0.5) is 13.2 Å². The molecule has 1 aromatic carbocycles. The molecule has 0 amide bonds. The molecule has 0 atom stereocenters. The van der Waals surface area contributed by atoms with Crippen LogP contribution in [0.2, 0.25) is 0 Å². The lowest BCUT2D eigenvalue weighted by Crippen LogP contribution is -2.05. The predicted octanol–water partition coefficient (Wildman–Crippen LogP) is 4.07. The van der Waals surface area contributed by atoms with Crippen molar-refractivity contribution >= 4 is 11.0 Å². The highest BCUT2D eigenvalue weighted by atomic mass is 19.4. The molecule has 0 spiro atoms. The Morgan fingerprint density at radius 1 is 1.07 bits per heavy atom. The molecule has 0 fully saturated rings. The molecule has 2 rings (SSSR count). The van der Waals surface area contributed by atoms with Crippen LogP contribution >= 0.6 is 0 Å². The van der Waals surface area contributed by atoms with Crippen molar-refractivity contribution in [2.45, 2.75) is 20.0 Å². The van der Waals surface area contributed by atoms with Crippen LogP contribution in [0.15, 0.2) is 22.6 Å². The summed E-state index contributed by atoms with van der Waals surface area (Å²) in [6, 6.07) is 4.39. The normalized spacial score (nSPS) is 12.3. The van der Waals surface area contributed by atoms with Gasteiger partial charge in [0.2, 0.25) is 0 Å². The van der Waals surface area contributed by atoms with E-state index in [0.717, 1.165) is 6.07 Å². The number of halogens is 3. The van der Waals surface area contributed by atoms with Crippen molar-refractivity contribution in [1.29, 1.82) is 0 Å². The first-order valence-electron chi connectivity index (χ1n) is 4.46. The highest BCUT2D eigenvalue weighted by Crippen LogP contribution is 2.36. The summed E-state index contributed by atoms with van der Waals surface area (Å²) in [6.45, 7) is 3.27. The number of rotatable bonds is 0. The van der Waals surface area contributed by atoms with Gasteiger partial charge in [-0.15, -0.1) is 0 Å². The lowest BCUT2D eigenvalue weighted by atomic mass is 10.1. The van der Waals surface area contributed by atoms with E-state index < -0.39 is 11.7 Å². The van der Waals surface area contributed by atoms with Crippen LogP contribution in [0.1, 0.15) is 16.9 Å². The molecule has 4 heteroatoms. The van der Waals surface area contributed by atoms with E-state index in [4.69, 9.17) is 4.42 Å². The molecular weight excluding hydrogens is 205 g/mol. The minimum absolute atomic E-state index is 0.0781. The lowest BCUT2D eigenvalue weighted by molar-refractivity contribution is -0.136. The molecule has 1 nitrogen and oxygen atoms in total. The van der Waals surface area contributed by atoms with E-state index in [2.05, 4.69) is 0 Å². The monoisotopic (exact) mass is 214 g/mol. The zero-order chi connectivity index (χ0) is 11.2. The van der Waals surface area contributed by atoms with Crippen molar-refractivity contribution in [3.63, 3.8) is 0 Å². The van der Waals surface area contributed by atoms with E-state index >= 15 is 0 Å². The predicted molar refractivity (Wildman–Crippen MR) is 50.7 cm³/mol. The lowest BCUT2D eigenvalue weighted by Gasteiger charge is -2.07. The third-order valence-corrected chi connectivity index (χ3v) is 2.19. The zero-order valence-electron chi connectivity index (χ0n) is 8.27. The Hall–Kier alpha value is -1.45. The summed E-state index contributed by atoms with van der Waals surface area (Å²) >= 11 is 0. The third kappa shape index (κ3) is 1.71. The van der Waals surface area contributed by atoms with Crippen molar-refractivity contribution in [2.75, 3.05) is 0 Å². The summed E-state index contributed by atoms with van der Waals surface area (Å²) < 4.78 is 43.0. The van der Waals surface area contributed by atoms with Crippen LogP contribution in [-0.4, -0.2) is 0 Å². The Morgan fingerprint density at radius 2 is 1.73 bits per heavy atom. The number of alkyl halides is 3. The Balaban J connectivity index is 2.82. The van der Waals surface area contributed by atoms with Gasteiger partial charge in [0.1, 0.15) is 11.3 Å². The SMILES string of the molecule is Cc1cc(C(F)(F)F)c2oc(C)cc2c1. The first-order valence-corrected chi connectivity index (χ1v) is 4.46. The van der Waals surface area contributed by atoms with Gasteiger partial charge in [-0.05, 0) is 37.6 Å². The Labute approximate surface area is 84.5 Å². The van der Waals surface area contributed by atoms with Crippen molar-refractivity contribution < 1.29 is 17.6 Å². The summed E-state index contributed by atoms with van der Waals surface area (Å²) in [4.78, 5) is 0. The number of furan rings is 1. The van der Waals surface area contributed by atoms with Gasteiger partial charge in [0.05, 0.1) is 5.56 Å². The molecule has 0 saturated carbocycles. The smallest absolute Gasteiger partial charge is 0.420 e. The van der Waals surface area contributed by atoms with Gasteiger partial charge < -0.3 is 4.42 Å². The molecule has 0 radical (unpaired) electrons. The average molecular weight is 214 g/mol. The van der Waals surface area contributed by atoms with Crippen LogP contribution < -0.4 is 0 Å². The van der Waals surface area contributed by atoms with Gasteiger partial charge in [0.25, 0.3) is 0 Å². The Morgan fingerprint density at radius 3 is 2.33 bits per heavy atom. The minimum Gasteiger partial charge on any atom is -0.461 e. The summed E-state index contributed by atoms with van der Waals surface area (Å²) in [5.41, 5.74) is -0.202. The van der Waals surface area contributed by atoms with Crippen molar-refractivity contribution in [2.24, 2.45) is 0 Å². The molecule has 2 aromatic rings. The zero-order valence-corrected chi connectivity index (χ0v) is 8.27. The molecule has 0 aliphatic rings. The summed E-state index contributed by atoms with van der Waals surface area (Å²) in [5.74, 6) is 0.487. The molecule has 80 valence electrons. The largest absolute Gasteiger partial charge is 0.461 e. The van der Waals surface area contributed by atoms with Crippen molar-refractivity contribution in [3.05, 3.63) is 35.1 Å². The maximum atomic E-state index is 12.6. The van der Waals surface area contributed by atoms with E-state index in [1.54, 1.807) is 26.0 Å². The van der Waals surface area contributed by atoms with Gasteiger partial charge in [-0.2, -0.15) is 13.2 Å². The second-order valence-electron chi connectivity index (χ2n) is 3.59. The quantitative estimate of drug-likeness (QED) is 0.644. The molecule has 0 aliphatic heterocycles. The van der Waals surface area contributed by atoms with Gasteiger partial charge in [0, 0.05) is 5.39 Å². The Bertz CT molecular complexity index is 508. The summed E-state index contributed by atoms with van der Waals surface area (Å²) in [5, 5.41) is 0.500. The fraction of sp³-hybridized carbons (Fsp3) is 0.273. The number of aryl methyl sites for hydroxylation is 2. The minimum atomic E-state index is -4.37. The van der Waals surface area contributed by atoms with E-state index in [1.807, 2.05) is 0 Å². The van der Waals surface area contributed by atoms with Crippen LogP contribution in [0.5, 0.6) is 0 Å². The average Bonchev–Trinajstić information content (AvgIpc) is 2.41. The van der Waals surface area contributed by atoms with Gasteiger partial charge in [-0.1, -0.05) is 0 Å². The molecule has 0 N–H and O–H groups in total. The standard InChI is InChI=1S/C11H9F3O/c1-6-3-8-5-7(2)15-10(8)9(4-6)11(12,13)14/h3-5H,1-2H3. The van der Waals surface area contributed by atoms with E-state index in [0.29, 0.717) is 16.7 Å². The van der Waals surface area contributed by atoms with E-state index in [-0.39, 0.29) is 5.58 Å².